The average molecular weight is 715 g/mol. The van der Waals surface area contributed by atoms with Crippen LogP contribution < -0.4 is 4.90 Å². The van der Waals surface area contributed by atoms with Crippen molar-refractivity contribution in [2.75, 3.05) is 22.8 Å². The van der Waals surface area contributed by atoms with Gasteiger partial charge in [0.2, 0.25) is 0 Å². The summed E-state index contributed by atoms with van der Waals surface area (Å²) in [6.07, 6.45) is -0.978. The van der Waals surface area contributed by atoms with E-state index in [2.05, 4.69) is 4.51 Å². The third kappa shape index (κ3) is 4.98. The van der Waals surface area contributed by atoms with E-state index in [0.717, 1.165) is 3.57 Å². The first-order chi connectivity index (χ1) is 20.2. The summed E-state index contributed by atoms with van der Waals surface area (Å²) >= 11 is -3.30. The predicted octanol–water partition coefficient (Wildman–Crippen LogP) is 5.96. The van der Waals surface area contributed by atoms with E-state index in [1.807, 2.05) is 12.1 Å². The number of carbonyl (C=O) groups excluding carboxylic acids is 3. The molecule has 2 aromatic rings. The molecule has 12 heteroatoms. The molecule has 43 heavy (non-hydrogen) atoms. The Balaban J connectivity index is 1.46. The third-order valence-electron chi connectivity index (χ3n) is 8.71. The second-order valence-electron chi connectivity index (χ2n) is 12.7. The molecule has 0 spiro atoms. The molecule has 3 heterocycles. The van der Waals surface area contributed by atoms with Crippen LogP contribution in [0.15, 0.2) is 48.5 Å². The summed E-state index contributed by atoms with van der Waals surface area (Å²) in [5, 5.41) is 0. The van der Waals surface area contributed by atoms with Gasteiger partial charge in [0, 0.05) is 0 Å². The van der Waals surface area contributed by atoms with Gasteiger partial charge < -0.3 is 0 Å². The zero-order valence-corrected chi connectivity index (χ0v) is 26.6. The molecule has 3 amide bonds. The molecule has 0 bridgehead atoms. The van der Waals surface area contributed by atoms with Crippen LogP contribution in [0.25, 0.3) is 0 Å². The topological polar surface area (TPSA) is 76.2 Å². The summed E-state index contributed by atoms with van der Waals surface area (Å²) in [6, 6.07) is 10.2. The van der Waals surface area contributed by atoms with Crippen LogP contribution in [0.2, 0.25) is 0 Å². The van der Waals surface area contributed by atoms with Gasteiger partial charge in [0.15, 0.2) is 0 Å². The number of alkyl halides is 3. The Labute approximate surface area is 252 Å². The van der Waals surface area contributed by atoms with Gasteiger partial charge in [0.05, 0.1) is 0 Å². The summed E-state index contributed by atoms with van der Waals surface area (Å²) in [6.45, 7) is 4.80. The number of hydrogen-bond acceptors (Lipinski definition) is 5. The molecule has 3 fully saturated rings. The van der Waals surface area contributed by atoms with E-state index in [4.69, 9.17) is 9.47 Å². The summed E-state index contributed by atoms with van der Waals surface area (Å²) < 4.78 is 60.3. The second kappa shape index (κ2) is 10.4. The average Bonchev–Trinajstić information content (AvgIpc) is 3.32. The molecule has 0 radical (unpaired) electrons. The van der Waals surface area contributed by atoms with E-state index >= 15 is 0 Å². The van der Waals surface area contributed by atoms with Crippen molar-refractivity contribution in [3.05, 3.63) is 63.5 Å². The SMILES string of the molecule is C=I12C[N+]1(C1CCC(F)(F)CC1)C(=O)[C@@H](N(C(=O)[C@@H]1COCN1C(=O)OC(C)(C)C)c1cccc(F)c1)c1ccccc12. The van der Waals surface area contributed by atoms with Crippen LogP contribution in [0, 0.1) is 9.39 Å². The zero-order valence-electron chi connectivity index (χ0n) is 24.4. The maximum absolute atomic E-state index is 14.9. The Hall–Kier alpha value is -2.84. The monoisotopic (exact) mass is 714 g/mol. The van der Waals surface area contributed by atoms with E-state index < -0.39 is 59.7 Å². The van der Waals surface area contributed by atoms with Crippen LogP contribution in [0.5, 0.6) is 0 Å². The Morgan fingerprint density at radius 1 is 1.14 bits per heavy atom. The molecule has 0 N–H and O–H groups in total. The molecule has 6 rings (SSSR count). The van der Waals surface area contributed by atoms with Gasteiger partial charge in [0.1, 0.15) is 0 Å². The van der Waals surface area contributed by atoms with Crippen molar-refractivity contribution in [1.82, 2.24) is 4.90 Å². The van der Waals surface area contributed by atoms with E-state index in [1.54, 1.807) is 39.0 Å². The number of fused-ring (bicyclic) bond motifs is 3. The Morgan fingerprint density at radius 2 is 1.84 bits per heavy atom. The Morgan fingerprint density at radius 3 is 2.51 bits per heavy atom. The van der Waals surface area contributed by atoms with Crippen LogP contribution in [-0.4, -0.2) is 71.5 Å². The van der Waals surface area contributed by atoms with Crippen LogP contribution in [-0.2, 0) is 19.1 Å². The normalized spacial score (nSPS) is 31.4. The molecule has 4 aliphatic rings. The van der Waals surface area contributed by atoms with Crippen molar-refractivity contribution in [3.63, 3.8) is 0 Å². The molecule has 0 aromatic heterocycles. The summed E-state index contributed by atoms with van der Waals surface area (Å²) in [5.41, 5.74) is -0.0664. The summed E-state index contributed by atoms with van der Waals surface area (Å²) in [5.74, 6) is -4.28. The molecule has 232 valence electrons. The van der Waals surface area contributed by atoms with Crippen molar-refractivity contribution in [2.45, 2.75) is 76.1 Å². The fourth-order valence-corrected chi connectivity index (χ4v) is 18.2. The summed E-state index contributed by atoms with van der Waals surface area (Å²) in [7, 11) is 0. The van der Waals surface area contributed by atoms with Gasteiger partial charge in [-0.25, -0.2) is 0 Å². The van der Waals surface area contributed by atoms with E-state index in [1.165, 1.54) is 28.0 Å². The minimum atomic E-state index is -3.30. The molecule has 3 aliphatic heterocycles. The number of rotatable bonds is 4. The maximum atomic E-state index is 14.9. The van der Waals surface area contributed by atoms with Gasteiger partial charge in [-0.3, -0.25) is 0 Å². The quantitative estimate of drug-likeness (QED) is 0.129. The number of nitrogens with zero attached hydrogens (tertiary/aromatic N) is 3. The fourth-order valence-electron chi connectivity index (χ4n) is 6.63. The molecule has 1 aliphatic carbocycles. The number of anilines is 1. The first-order valence-electron chi connectivity index (χ1n) is 14.3. The molecule has 2 unspecified atom stereocenters. The Bertz CT molecular complexity index is 1530. The van der Waals surface area contributed by atoms with Gasteiger partial charge in [0.25, 0.3) is 0 Å². The number of carbonyl (C=O) groups is 3. The van der Waals surface area contributed by atoms with Gasteiger partial charge in [-0.05, 0) is 0 Å². The van der Waals surface area contributed by atoms with Crippen molar-refractivity contribution >= 4 is 46.3 Å². The zero-order chi connectivity index (χ0) is 30.9. The van der Waals surface area contributed by atoms with Gasteiger partial charge in [-0.1, -0.05) is 0 Å². The number of ether oxygens (including phenoxy) is 2. The van der Waals surface area contributed by atoms with E-state index in [9.17, 15) is 27.6 Å². The van der Waals surface area contributed by atoms with Crippen LogP contribution in [0.4, 0.5) is 23.7 Å². The molecule has 2 saturated heterocycles. The molecule has 2 aromatic carbocycles. The molecule has 1 saturated carbocycles. The van der Waals surface area contributed by atoms with E-state index in [0.29, 0.717) is 10.1 Å². The number of halogens is 4. The number of amides is 3. The third-order valence-corrected chi connectivity index (χ3v) is 18.2. The number of benzene rings is 2. The van der Waals surface area contributed by atoms with E-state index in [-0.39, 0.29) is 59.4 Å². The predicted molar refractivity (Wildman–Crippen MR) is 163 cm³/mol. The van der Waals surface area contributed by atoms with Gasteiger partial charge in [-0.15, -0.1) is 0 Å². The summed E-state index contributed by atoms with van der Waals surface area (Å²) in [4.78, 5) is 45.0. The van der Waals surface area contributed by atoms with Crippen molar-refractivity contribution in [3.8, 4) is 0 Å². The second-order valence-corrected chi connectivity index (χ2v) is 20.7. The first kappa shape index (κ1) is 30.2. The minimum absolute atomic E-state index is 0.0280. The number of hydrogen-bond donors (Lipinski definition) is 0. The van der Waals surface area contributed by atoms with Crippen molar-refractivity contribution < 1.29 is 39.7 Å². The molecular weight excluding hydrogens is 678 g/mol. The Kier molecular flexibility index (Phi) is 7.28. The standard InChI is InChI=1S/C31H36F3IN3O5/c1-30(2,3)43-29(41)36-19-42-17-25(36)27(39)37(21-9-7-8-20(32)16-21)26-23-10-5-6-11-24(23)35(4)18-38(35,28(26)40)22-12-14-31(33,34)15-13-22/h5-11,16,22,25-26H,4,12-15,17-19H2,1-3H3/q+1/t25-,26-,38?/m0/s1. The number of quaternary nitrogens is 1. The fraction of sp³-hybridized carbons (Fsp3) is 0.484. The van der Waals surface area contributed by atoms with Crippen LogP contribution in [0.3, 0.4) is 0 Å². The van der Waals surface area contributed by atoms with Gasteiger partial charge in [-0.2, -0.15) is 0 Å². The van der Waals surface area contributed by atoms with Crippen LogP contribution >= 0.6 is 18.2 Å². The molecular formula is C31H36F3IN3O5+. The molecule has 8 nitrogen and oxygen atoms in total. The molecule has 4 atom stereocenters. The first-order valence-corrected chi connectivity index (χ1v) is 19.4. The van der Waals surface area contributed by atoms with Gasteiger partial charge >= 0.3 is 253 Å². The van der Waals surface area contributed by atoms with Crippen molar-refractivity contribution in [1.29, 1.82) is 0 Å². The van der Waals surface area contributed by atoms with Crippen LogP contribution in [0.1, 0.15) is 58.1 Å². The van der Waals surface area contributed by atoms with Crippen molar-refractivity contribution in [2.24, 2.45) is 0 Å².